The van der Waals surface area contributed by atoms with Crippen molar-refractivity contribution in [1.82, 2.24) is 9.78 Å². The van der Waals surface area contributed by atoms with E-state index in [2.05, 4.69) is 12.0 Å². The van der Waals surface area contributed by atoms with Crippen LogP contribution in [0.1, 0.15) is 42.6 Å². The lowest BCUT2D eigenvalue weighted by molar-refractivity contribution is 0.266. The molecule has 0 radical (unpaired) electrons. The van der Waals surface area contributed by atoms with E-state index in [0.29, 0.717) is 19.0 Å². The minimum absolute atomic E-state index is 0.157. The van der Waals surface area contributed by atoms with Crippen LogP contribution in [-0.2, 0) is 19.4 Å². The second-order valence-corrected chi connectivity index (χ2v) is 4.43. The van der Waals surface area contributed by atoms with Crippen LogP contribution in [-0.4, -0.2) is 28.0 Å². The van der Waals surface area contributed by atoms with E-state index < -0.39 is 0 Å². The van der Waals surface area contributed by atoms with Crippen molar-refractivity contribution in [2.75, 3.05) is 13.2 Å². The van der Waals surface area contributed by atoms with Crippen LogP contribution in [0.2, 0.25) is 0 Å². The third-order valence-electron chi connectivity index (χ3n) is 3.48. The number of nitrogens with two attached hydrogens (primary N) is 1. The van der Waals surface area contributed by atoms with Crippen molar-refractivity contribution in [2.45, 2.75) is 45.1 Å². The molecule has 0 spiro atoms. The number of aliphatic hydroxyl groups is 1. The molecule has 1 aromatic rings. The molecule has 0 amide bonds. The van der Waals surface area contributed by atoms with Gasteiger partial charge in [0.05, 0.1) is 18.8 Å². The number of aryl methyl sites for hydroxylation is 1. The molecule has 0 fully saturated rings. The van der Waals surface area contributed by atoms with Gasteiger partial charge in [0, 0.05) is 11.3 Å². The molecule has 3 N–H and O–H groups in total. The summed E-state index contributed by atoms with van der Waals surface area (Å²) in [6.07, 6.45) is 4.41. The van der Waals surface area contributed by atoms with E-state index in [1.807, 2.05) is 4.68 Å². The van der Waals surface area contributed by atoms with Gasteiger partial charge in [-0.25, -0.2) is 0 Å². The van der Waals surface area contributed by atoms with Gasteiger partial charge in [0.1, 0.15) is 0 Å². The molecule has 1 unspecified atom stereocenters. The summed E-state index contributed by atoms with van der Waals surface area (Å²) in [4.78, 5) is 0. The number of hydrogen-bond donors (Lipinski definition) is 2. The van der Waals surface area contributed by atoms with Crippen molar-refractivity contribution in [3.05, 3.63) is 17.0 Å². The van der Waals surface area contributed by atoms with Gasteiger partial charge in [-0.3, -0.25) is 4.68 Å². The van der Waals surface area contributed by atoms with E-state index in [0.717, 1.165) is 12.8 Å². The molecule has 90 valence electrons. The van der Waals surface area contributed by atoms with E-state index in [1.54, 1.807) is 0 Å². The molecule has 1 atom stereocenters. The molecule has 1 heterocycles. The third kappa shape index (κ3) is 1.87. The van der Waals surface area contributed by atoms with Gasteiger partial charge in [-0.15, -0.1) is 0 Å². The third-order valence-corrected chi connectivity index (χ3v) is 3.48. The van der Waals surface area contributed by atoms with Gasteiger partial charge in [0.25, 0.3) is 0 Å². The fraction of sp³-hybridized carbons (Fsp3) is 0.750. The maximum Gasteiger partial charge on any atom is 0.0660 e. The zero-order valence-corrected chi connectivity index (χ0v) is 9.95. The molecule has 0 saturated carbocycles. The van der Waals surface area contributed by atoms with Crippen molar-refractivity contribution in [2.24, 2.45) is 5.73 Å². The maximum absolute atomic E-state index is 9.04. The van der Waals surface area contributed by atoms with Crippen LogP contribution in [0.15, 0.2) is 0 Å². The van der Waals surface area contributed by atoms with Gasteiger partial charge in [-0.05, 0) is 38.1 Å². The van der Waals surface area contributed by atoms with Crippen molar-refractivity contribution >= 4 is 0 Å². The van der Waals surface area contributed by atoms with Crippen LogP contribution < -0.4 is 5.73 Å². The molecule has 0 bridgehead atoms. The lowest BCUT2D eigenvalue weighted by atomic mass is 9.85. The Morgan fingerprint density at radius 3 is 3.00 bits per heavy atom. The average molecular weight is 223 g/mol. The first kappa shape index (κ1) is 11.6. The topological polar surface area (TPSA) is 64.1 Å². The van der Waals surface area contributed by atoms with E-state index in [4.69, 9.17) is 10.8 Å². The molecule has 0 aromatic carbocycles. The van der Waals surface area contributed by atoms with Crippen LogP contribution in [0.4, 0.5) is 0 Å². The Bertz CT molecular complexity index is 359. The van der Waals surface area contributed by atoms with Crippen LogP contribution >= 0.6 is 0 Å². The predicted molar refractivity (Wildman–Crippen MR) is 63.4 cm³/mol. The van der Waals surface area contributed by atoms with E-state index in [9.17, 15) is 0 Å². The summed E-state index contributed by atoms with van der Waals surface area (Å²) >= 11 is 0. The van der Waals surface area contributed by atoms with Crippen molar-refractivity contribution in [3.63, 3.8) is 0 Å². The molecule has 16 heavy (non-hydrogen) atoms. The number of rotatable bonds is 4. The number of nitrogens with zero attached hydrogens (tertiary/aromatic N) is 2. The Morgan fingerprint density at radius 2 is 2.38 bits per heavy atom. The second kappa shape index (κ2) is 4.97. The summed E-state index contributed by atoms with van der Waals surface area (Å²) < 4.78 is 1.98. The highest BCUT2D eigenvalue weighted by Gasteiger charge is 2.26. The maximum atomic E-state index is 9.04. The Kier molecular flexibility index (Phi) is 3.61. The van der Waals surface area contributed by atoms with Gasteiger partial charge in [-0.2, -0.15) is 5.10 Å². The molecule has 1 aliphatic carbocycles. The Labute approximate surface area is 96.5 Å². The summed E-state index contributed by atoms with van der Waals surface area (Å²) in [7, 11) is 0. The quantitative estimate of drug-likeness (QED) is 0.794. The van der Waals surface area contributed by atoms with E-state index in [-0.39, 0.29) is 6.61 Å². The first-order valence-electron chi connectivity index (χ1n) is 6.21. The van der Waals surface area contributed by atoms with Gasteiger partial charge >= 0.3 is 0 Å². The Morgan fingerprint density at radius 1 is 1.56 bits per heavy atom. The molecule has 0 saturated heterocycles. The summed E-state index contributed by atoms with van der Waals surface area (Å²) in [5.41, 5.74) is 9.71. The highest BCUT2D eigenvalue weighted by Crippen LogP contribution is 2.33. The van der Waals surface area contributed by atoms with Crippen LogP contribution in [0.3, 0.4) is 0 Å². The summed E-state index contributed by atoms with van der Waals surface area (Å²) in [6, 6.07) is 0. The normalized spacial score (nSPS) is 19.8. The lowest BCUT2D eigenvalue weighted by Gasteiger charge is -2.22. The largest absolute Gasteiger partial charge is 0.394 e. The van der Waals surface area contributed by atoms with Gasteiger partial charge in [-0.1, -0.05) is 6.92 Å². The summed E-state index contributed by atoms with van der Waals surface area (Å²) in [5.74, 6) is 0.478. The first-order chi connectivity index (χ1) is 7.81. The fourth-order valence-electron chi connectivity index (χ4n) is 2.74. The molecule has 0 aliphatic heterocycles. The monoisotopic (exact) mass is 223 g/mol. The molecule has 4 nitrogen and oxygen atoms in total. The fourth-order valence-corrected chi connectivity index (χ4v) is 2.74. The van der Waals surface area contributed by atoms with Gasteiger partial charge < -0.3 is 10.8 Å². The lowest BCUT2D eigenvalue weighted by Crippen LogP contribution is -2.20. The van der Waals surface area contributed by atoms with Crippen molar-refractivity contribution in [3.8, 4) is 0 Å². The van der Waals surface area contributed by atoms with Crippen molar-refractivity contribution < 1.29 is 5.11 Å². The molecule has 1 aromatic heterocycles. The van der Waals surface area contributed by atoms with Gasteiger partial charge in [0.2, 0.25) is 0 Å². The first-order valence-corrected chi connectivity index (χ1v) is 6.21. The molecular formula is C12H21N3O. The van der Waals surface area contributed by atoms with Crippen molar-refractivity contribution in [1.29, 1.82) is 0 Å². The summed E-state index contributed by atoms with van der Waals surface area (Å²) in [6.45, 7) is 3.61. The van der Waals surface area contributed by atoms with E-state index >= 15 is 0 Å². The Hall–Kier alpha value is -0.870. The van der Waals surface area contributed by atoms with E-state index in [1.165, 1.54) is 29.8 Å². The SMILES string of the molecule is CCc1nn(CCO)c2c1C(CN)CCC2. The highest BCUT2D eigenvalue weighted by molar-refractivity contribution is 5.33. The standard InChI is InChI=1S/C12H21N3O/c1-2-10-12-9(8-13)4-3-5-11(12)15(14-10)6-7-16/h9,16H,2-8,13H2,1H3. The average Bonchev–Trinajstić information content (AvgIpc) is 2.68. The minimum Gasteiger partial charge on any atom is -0.394 e. The molecule has 2 rings (SSSR count). The minimum atomic E-state index is 0.157. The predicted octanol–water partition coefficient (Wildman–Crippen LogP) is 0.816. The molecule has 4 heteroatoms. The molecule has 1 aliphatic rings. The number of aliphatic hydroxyl groups excluding tert-OH is 1. The summed E-state index contributed by atoms with van der Waals surface area (Å²) in [5, 5.41) is 13.6. The zero-order valence-electron chi connectivity index (χ0n) is 9.95. The van der Waals surface area contributed by atoms with Crippen LogP contribution in [0.5, 0.6) is 0 Å². The highest BCUT2D eigenvalue weighted by atomic mass is 16.3. The smallest absolute Gasteiger partial charge is 0.0660 e. The van der Waals surface area contributed by atoms with Crippen LogP contribution in [0.25, 0.3) is 0 Å². The second-order valence-electron chi connectivity index (χ2n) is 4.43. The van der Waals surface area contributed by atoms with Gasteiger partial charge in [0.15, 0.2) is 0 Å². The number of aromatic nitrogens is 2. The molecular weight excluding hydrogens is 202 g/mol. The number of fused-ring (bicyclic) bond motifs is 1. The zero-order chi connectivity index (χ0) is 11.5. The van der Waals surface area contributed by atoms with Crippen LogP contribution in [0, 0.1) is 0 Å². The Balaban J connectivity index is 2.42. The number of hydrogen-bond acceptors (Lipinski definition) is 3.